The van der Waals surface area contributed by atoms with E-state index in [1.165, 1.54) is 12.8 Å². The number of hydrogen-bond acceptors (Lipinski definition) is 9. The molecule has 2 aromatic heterocycles. The summed E-state index contributed by atoms with van der Waals surface area (Å²) in [5, 5.41) is 22.7. The first kappa shape index (κ1) is 27.4. The third kappa shape index (κ3) is 6.29. The number of aromatic hydroxyl groups is 1. The van der Waals surface area contributed by atoms with E-state index in [0.29, 0.717) is 25.8 Å². The molecule has 0 bridgehead atoms. The zero-order valence-electron chi connectivity index (χ0n) is 23.5. The number of phenols is 1. The van der Waals surface area contributed by atoms with Gasteiger partial charge in [0.1, 0.15) is 5.75 Å². The Morgan fingerprint density at radius 3 is 2.46 bits per heavy atom. The van der Waals surface area contributed by atoms with Crippen molar-refractivity contribution in [2.75, 3.05) is 62.8 Å². The molecule has 41 heavy (non-hydrogen) atoms. The molecule has 1 saturated heterocycles. The average molecular weight is 558 g/mol. The Balaban J connectivity index is 1.20. The number of aliphatic hydroxyl groups excluding tert-OH is 1. The topological polar surface area (TPSA) is 112 Å². The molecule has 6 rings (SSSR count). The van der Waals surface area contributed by atoms with Gasteiger partial charge in [0.25, 0.3) is 0 Å². The maximum atomic E-state index is 10.2. The molecule has 2 fully saturated rings. The SMILES string of the molecule is OCCOCCN1CCN(c2nc(NCc3ccc(-c4ccccc4O)cc3)c3ncn(C4CCCC4)c3n2)CC1. The highest BCUT2D eigenvalue weighted by atomic mass is 16.5. The summed E-state index contributed by atoms with van der Waals surface area (Å²) >= 11 is 0. The van der Waals surface area contributed by atoms with Gasteiger partial charge in [-0.15, -0.1) is 0 Å². The molecule has 0 radical (unpaired) electrons. The molecule has 1 aliphatic heterocycles. The molecule has 1 saturated carbocycles. The Kier molecular flexibility index (Phi) is 8.60. The molecule has 10 heteroatoms. The Morgan fingerprint density at radius 1 is 0.927 bits per heavy atom. The number of para-hydroxylation sites is 1. The summed E-state index contributed by atoms with van der Waals surface area (Å²) < 4.78 is 7.71. The van der Waals surface area contributed by atoms with Gasteiger partial charge in [-0.25, -0.2) is 4.98 Å². The number of anilines is 2. The third-order valence-corrected chi connectivity index (χ3v) is 8.20. The molecule has 0 spiro atoms. The second-order valence-corrected chi connectivity index (χ2v) is 10.9. The summed E-state index contributed by atoms with van der Waals surface area (Å²) in [6.45, 7) is 6.06. The van der Waals surface area contributed by atoms with Crippen molar-refractivity contribution in [1.29, 1.82) is 0 Å². The quantitative estimate of drug-likeness (QED) is 0.235. The number of benzene rings is 2. The molecule has 0 atom stereocenters. The molecular weight excluding hydrogens is 518 g/mol. The maximum Gasteiger partial charge on any atom is 0.229 e. The van der Waals surface area contributed by atoms with Crippen LogP contribution in [0.2, 0.25) is 0 Å². The Labute approximate surface area is 240 Å². The first-order valence-electron chi connectivity index (χ1n) is 14.7. The van der Waals surface area contributed by atoms with Crippen LogP contribution in [0.1, 0.15) is 37.3 Å². The molecule has 4 aromatic rings. The van der Waals surface area contributed by atoms with Gasteiger partial charge >= 0.3 is 0 Å². The second kappa shape index (κ2) is 12.8. The van der Waals surface area contributed by atoms with Crippen molar-refractivity contribution in [3.63, 3.8) is 0 Å². The zero-order chi connectivity index (χ0) is 28.0. The minimum Gasteiger partial charge on any atom is -0.507 e. The van der Waals surface area contributed by atoms with Crippen molar-refractivity contribution < 1.29 is 14.9 Å². The first-order chi connectivity index (χ1) is 20.2. The predicted molar refractivity (Wildman–Crippen MR) is 160 cm³/mol. The lowest BCUT2D eigenvalue weighted by Gasteiger charge is -2.34. The number of piperazine rings is 1. The van der Waals surface area contributed by atoms with Crippen LogP contribution in [0.4, 0.5) is 11.8 Å². The summed E-state index contributed by atoms with van der Waals surface area (Å²) in [6.07, 6.45) is 6.75. The van der Waals surface area contributed by atoms with Crippen molar-refractivity contribution in [2.24, 2.45) is 0 Å². The maximum absolute atomic E-state index is 10.2. The van der Waals surface area contributed by atoms with Gasteiger partial charge in [0.15, 0.2) is 17.0 Å². The summed E-state index contributed by atoms with van der Waals surface area (Å²) in [4.78, 5) is 19.5. The van der Waals surface area contributed by atoms with E-state index in [2.05, 4.69) is 31.8 Å². The number of imidazole rings is 1. The molecule has 1 aliphatic carbocycles. The van der Waals surface area contributed by atoms with Crippen LogP contribution >= 0.6 is 0 Å². The van der Waals surface area contributed by atoms with Crippen LogP contribution in [0, 0.1) is 0 Å². The van der Waals surface area contributed by atoms with Gasteiger partial charge in [-0.05, 0) is 30.0 Å². The standard InChI is InChI=1S/C31H39N7O3/c39-18-20-41-19-17-36-13-15-37(16-14-36)31-34-29(28-30(35-31)38(22-33-28)25-5-1-2-6-25)32-21-23-9-11-24(12-10-23)26-7-3-4-8-27(26)40/h3-4,7-12,22,25,39-40H,1-2,5-6,13-21H2,(H,32,34,35). The number of ether oxygens (including phenoxy) is 1. The van der Waals surface area contributed by atoms with Gasteiger partial charge < -0.3 is 29.7 Å². The molecular formula is C31H39N7O3. The first-order valence-corrected chi connectivity index (χ1v) is 14.7. The van der Waals surface area contributed by atoms with E-state index in [1.54, 1.807) is 6.07 Å². The van der Waals surface area contributed by atoms with Crippen molar-refractivity contribution in [1.82, 2.24) is 24.4 Å². The van der Waals surface area contributed by atoms with Crippen LogP contribution in [0.25, 0.3) is 22.3 Å². The number of rotatable bonds is 11. The minimum absolute atomic E-state index is 0.0605. The van der Waals surface area contributed by atoms with E-state index in [9.17, 15) is 5.11 Å². The fourth-order valence-electron chi connectivity index (χ4n) is 5.86. The molecule has 10 nitrogen and oxygen atoms in total. The lowest BCUT2D eigenvalue weighted by molar-refractivity contribution is 0.0724. The lowest BCUT2D eigenvalue weighted by Crippen LogP contribution is -2.48. The van der Waals surface area contributed by atoms with Gasteiger partial charge in [0.05, 0.1) is 26.1 Å². The van der Waals surface area contributed by atoms with E-state index in [4.69, 9.17) is 24.8 Å². The number of phenolic OH excluding ortho intramolecular Hbond substituents is 1. The monoisotopic (exact) mass is 557 g/mol. The summed E-state index contributed by atoms with van der Waals surface area (Å²) in [5.41, 5.74) is 4.63. The van der Waals surface area contributed by atoms with Crippen LogP contribution in [0.3, 0.4) is 0 Å². The van der Waals surface area contributed by atoms with Crippen LogP contribution < -0.4 is 10.2 Å². The molecule has 2 aromatic carbocycles. The summed E-state index contributed by atoms with van der Waals surface area (Å²) in [5.74, 6) is 1.78. The number of fused-ring (bicyclic) bond motifs is 1. The second-order valence-electron chi connectivity index (χ2n) is 10.9. The number of aliphatic hydroxyl groups is 1. The van der Waals surface area contributed by atoms with Crippen LogP contribution in [-0.4, -0.2) is 87.2 Å². The van der Waals surface area contributed by atoms with Crippen molar-refractivity contribution in [2.45, 2.75) is 38.3 Å². The fourth-order valence-corrected chi connectivity index (χ4v) is 5.86. The van der Waals surface area contributed by atoms with Gasteiger partial charge in [-0.1, -0.05) is 55.3 Å². The number of hydrogen-bond donors (Lipinski definition) is 3. The summed E-state index contributed by atoms with van der Waals surface area (Å²) in [7, 11) is 0. The number of nitrogens with zero attached hydrogens (tertiary/aromatic N) is 6. The fraction of sp³-hybridized carbons (Fsp3) is 0.452. The van der Waals surface area contributed by atoms with Crippen molar-refractivity contribution in [3.05, 3.63) is 60.4 Å². The average Bonchev–Trinajstić information content (AvgIpc) is 3.69. The molecule has 216 valence electrons. The molecule has 3 N–H and O–H groups in total. The predicted octanol–water partition coefficient (Wildman–Crippen LogP) is 4.06. The van der Waals surface area contributed by atoms with E-state index >= 15 is 0 Å². The normalized spacial score (nSPS) is 16.6. The Bertz CT molecular complexity index is 1430. The van der Waals surface area contributed by atoms with E-state index in [1.807, 2.05) is 36.7 Å². The van der Waals surface area contributed by atoms with E-state index < -0.39 is 0 Å². The highest BCUT2D eigenvalue weighted by Gasteiger charge is 2.25. The van der Waals surface area contributed by atoms with Gasteiger partial charge in [-0.2, -0.15) is 9.97 Å². The molecule has 0 amide bonds. The smallest absolute Gasteiger partial charge is 0.229 e. The van der Waals surface area contributed by atoms with Crippen molar-refractivity contribution >= 4 is 22.9 Å². The Morgan fingerprint density at radius 2 is 1.71 bits per heavy atom. The zero-order valence-corrected chi connectivity index (χ0v) is 23.5. The highest BCUT2D eigenvalue weighted by molar-refractivity contribution is 5.84. The van der Waals surface area contributed by atoms with Crippen LogP contribution in [0.15, 0.2) is 54.9 Å². The minimum atomic E-state index is 0.0605. The van der Waals surface area contributed by atoms with Gasteiger partial charge in [-0.3, -0.25) is 4.90 Å². The molecule has 0 unspecified atom stereocenters. The van der Waals surface area contributed by atoms with Gasteiger partial charge in [0.2, 0.25) is 5.95 Å². The van der Waals surface area contributed by atoms with E-state index in [-0.39, 0.29) is 12.4 Å². The van der Waals surface area contributed by atoms with Crippen LogP contribution in [0.5, 0.6) is 5.75 Å². The third-order valence-electron chi connectivity index (χ3n) is 8.20. The molecule has 3 heterocycles. The number of nitrogens with one attached hydrogen (secondary N) is 1. The number of aromatic nitrogens is 4. The Hall–Kier alpha value is -3.73. The molecule has 2 aliphatic rings. The van der Waals surface area contributed by atoms with E-state index in [0.717, 1.165) is 85.2 Å². The largest absolute Gasteiger partial charge is 0.507 e. The van der Waals surface area contributed by atoms with Gasteiger partial charge in [0, 0.05) is 50.9 Å². The lowest BCUT2D eigenvalue weighted by atomic mass is 10.0. The van der Waals surface area contributed by atoms with Crippen molar-refractivity contribution in [3.8, 4) is 16.9 Å². The van der Waals surface area contributed by atoms with Crippen LogP contribution in [-0.2, 0) is 11.3 Å². The summed E-state index contributed by atoms with van der Waals surface area (Å²) in [6, 6.07) is 16.1. The highest BCUT2D eigenvalue weighted by Crippen LogP contribution is 2.34.